The molecule has 0 aliphatic heterocycles. The third-order valence-electron chi connectivity index (χ3n) is 3.33. The molecular weight excluding hydrogens is 310 g/mol. The second kappa shape index (κ2) is 5.02. The molecule has 2 heterocycles. The molecule has 8 heteroatoms. The maximum Gasteiger partial charge on any atom is 0.263 e. The maximum atomic E-state index is 12.3. The number of pyridine rings is 1. The molecule has 0 saturated heterocycles. The van der Waals surface area contributed by atoms with Crippen LogP contribution in [0.1, 0.15) is 22.4 Å². The normalized spacial score (nSPS) is 13.7. The Kier molecular flexibility index (Phi) is 3.31. The van der Waals surface area contributed by atoms with Crippen molar-refractivity contribution in [1.29, 1.82) is 5.26 Å². The fourth-order valence-electron chi connectivity index (χ4n) is 2.34. The third kappa shape index (κ3) is 2.46. The summed E-state index contributed by atoms with van der Waals surface area (Å²) in [4.78, 5) is 14.3. The van der Waals surface area contributed by atoms with E-state index in [1.54, 1.807) is 0 Å². The number of thiophene rings is 1. The van der Waals surface area contributed by atoms with E-state index in [-0.39, 0.29) is 10.5 Å². The second-order valence-corrected chi connectivity index (χ2v) is 7.45. The van der Waals surface area contributed by atoms with Gasteiger partial charge in [0.1, 0.15) is 16.0 Å². The molecule has 0 unspecified atom stereocenters. The van der Waals surface area contributed by atoms with E-state index in [9.17, 15) is 18.5 Å². The summed E-state index contributed by atoms with van der Waals surface area (Å²) >= 11 is 1.31. The highest BCUT2D eigenvalue weighted by atomic mass is 32.2. The molecule has 2 aromatic rings. The first-order valence-corrected chi connectivity index (χ1v) is 8.57. The van der Waals surface area contributed by atoms with Crippen LogP contribution in [0.5, 0.6) is 0 Å². The summed E-state index contributed by atoms with van der Waals surface area (Å²) in [5.74, 6) is 0. The van der Waals surface area contributed by atoms with Gasteiger partial charge in [-0.05, 0) is 30.9 Å². The molecule has 1 aliphatic rings. The van der Waals surface area contributed by atoms with Crippen LogP contribution in [0.3, 0.4) is 0 Å². The lowest BCUT2D eigenvalue weighted by Crippen LogP contribution is -2.15. The van der Waals surface area contributed by atoms with Crippen LogP contribution in [0.15, 0.2) is 28.0 Å². The molecule has 2 aromatic heterocycles. The van der Waals surface area contributed by atoms with Crippen molar-refractivity contribution < 1.29 is 8.42 Å². The van der Waals surface area contributed by atoms with Crippen LogP contribution in [0.2, 0.25) is 0 Å². The number of aromatic amines is 1. The first kappa shape index (κ1) is 13.9. The highest BCUT2D eigenvalue weighted by Gasteiger charge is 2.25. The molecule has 0 radical (unpaired) electrons. The molecule has 6 nitrogen and oxygen atoms in total. The quantitative estimate of drug-likeness (QED) is 0.896. The van der Waals surface area contributed by atoms with Crippen LogP contribution in [-0.2, 0) is 22.9 Å². The van der Waals surface area contributed by atoms with Crippen LogP contribution in [0.25, 0.3) is 0 Å². The molecule has 21 heavy (non-hydrogen) atoms. The van der Waals surface area contributed by atoms with Crippen LogP contribution in [0.4, 0.5) is 5.00 Å². The van der Waals surface area contributed by atoms with Gasteiger partial charge in [-0.25, -0.2) is 8.42 Å². The molecule has 3 rings (SSSR count). The average Bonchev–Trinajstić information content (AvgIpc) is 2.99. The second-order valence-electron chi connectivity index (χ2n) is 4.67. The van der Waals surface area contributed by atoms with Crippen molar-refractivity contribution >= 4 is 26.4 Å². The number of aryl methyl sites for hydroxylation is 1. The van der Waals surface area contributed by atoms with E-state index in [4.69, 9.17) is 0 Å². The summed E-state index contributed by atoms with van der Waals surface area (Å²) in [7, 11) is -3.81. The number of H-pyrrole nitrogens is 1. The Morgan fingerprint density at radius 2 is 2.14 bits per heavy atom. The largest absolute Gasteiger partial charge is 0.328 e. The first-order valence-electron chi connectivity index (χ1n) is 6.27. The predicted octanol–water partition coefficient (Wildman–Crippen LogP) is 1.60. The number of sulfonamides is 1. The van der Waals surface area contributed by atoms with Gasteiger partial charge in [-0.2, -0.15) is 5.26 Å². The van der Waals surface area contributed by atoms with Crippen molar-refractivity contribution in [3.63, 3.8) is 0 Å². The van der Waals surface area contributed by atoms with Gasteiger partial charge in [0.05, 0.1) is 5.56 Å². The summed E-state index contributed by atoms with van der Waals surface area (Å²) in [5.41, 5.74) is 1.00. The standard InChI is InChI=1S/C13H11N3O3S2/c14-6-10-9-2-1-3-11(9)20-13(10)16-21(18,19)8-4-5-12(17)15-7-8/h4-5,7,16H,1-3H2,(H,15,17). The van der Waals surface area contributed by atoms with Gasteiger partial charge in [0.25, 0.3) is 10.0 Å². The van der Waals surface area contributed by atoms with E-state index >= 15 is 0 Å². The van der Waals surface area contributed by atoms with E-state index in [1.165, 1.54) is 17.4 Å². The number of nitriles is 1. The Morgan fingerprint density at radius 1 is 1.33 bits per heavy atom. The van der Waals surface area contributed by atoms with E-state index in [0.29, 0.717) is 10.6 Å². The van der Waals surface area contributed by atoms with Crippen LogP contribution in [0, 0.1) is 11.3 Å². The fraction of sp³-hybridized carbons (Fsp3) is 0.231. The molecule has 0 aromatic carbocycles. The Balaban J connectivity index is 1.99. The fourth-order valence-corrected chi connectivity index (χ4v) is 4.85. The summed E-state index contributed by atoms with van der Waals surface area (Å²) in [6, 6.07) is 4.46. The number of aromatic nitrogens is 1. The lowest BCUT2D eigenvalue weighted by atomic mass is 10.1. The monoisotopic (exact) mass is 321 g/mol. The minimum atomic E-state index is -3.81. The van der Waals surface area contributed by atoms with Crippen molar-refractivity contribution in [2.45, 2.75) is 24.2 Å². The molecule has 0 atom stereocenters. The zero-order valence-corrected chi connectivity index (χ0v) is 12.5. The number of nitrogens with zero attached hydrogens (tertiary/aromatic N) is 1. The number of hydrogen-bond acceptors (Lipinski definition) is 5. The van der Waals surface area contributed by atoms with E-state index < -0.39 is 10.0 Å². The summed E-state index contributed by atoms with van der Waals surface area (Å²) in [5, 5.41) is 9.60. The number of anilines is 1. The first-order chi connectivity index (χ1) is 10.0. The lowest BCUT2D eigenvalue weighted by Gasteiger charge is -2.06. The van der Waals surface area contributed by atoms with Gasteiger partial charge in [-0.15, -0.1) is 11.3 Å². The van der Waals surface area contributed by atoms with Crippen molar-refractivity contribution in [3.05, 3.63) is 44.7 Å². The van der Waals surface area contributed by atoms with E-state index in [0.717, 1.165) is 42.0 Å². The molecule has 2 N–H and O–H groups in total. The predicted molar refractivity (Wildman–Crippen MR) is 78.9 cm³/mol. The Hall–Kier alpha value is -2.11. The number of hydrogen-bond donors (Lipinski definition) is 2. The summed E-state index contributed by atoms with van der Waals surface area (Å²) in [6.07, 6.45) is 3.84. The van der Waals surface area contributed by atoms with Gasteiger partial charge in [-0.3, -0.25) is 9.52 Å². The van der Waals surface area contributed by atoms with Gasteiger partial charge in [0.2, 0.25) is 5.56 Å². The van der Waals surface area contributed by atoms with Gasteiger partial charge < -0.3 is 4.98 Å². The highest BCUT2D eigenvalue weighted by molar-refractivity contribution is 7.93. The van der Waals surface area contributed by atoms with Gasteiger partial charge in [-0.1, -0.05) is 0 Å². The highest BCUT2D eigenvalue weighted by Crippen LogP contribution is 2.39. The topological polar surface area (TPSA) is 103 Å². The summed E-state index contributed by atoms with van der Waals surface area (Å²) < 4.78 is 27.0. The molecule has 0 bridgehead atoms. The van der Waals surface area contributed by atoms with E-state index in [2.05, 4.69) is 15.8 Å². The molecule has 0 spiro atoms. The zero-order valence-electron chi connectivity index (χ0n) is 10.8. The minimum absolute atomic E-state index is 0.0421. The Labute approximate surface area is 125 Å². The SMILES string of the molecule is N#Cc1c(NS(=O)(=O)c2ccc(=O)[nH]c2)sc2c1CCC2. The Bertz CT molecular complexity index is 883. The average molecular weight is 321 g/mol. The maximum absolute atomic E-state index is 12.3. The minimum Gasteiger partial charge on any atom is -0.328 e. The molecule has 0 fully saturated rings. The molecular formula is C13H11N3O3S2. The zero-order chi connectivity index (χ0) is 15.0. The van der Waals surface area contributed by atoms with Crippen molar-refractivity contribution in [3.8, 4) is 6.07 Å². The van der Waals surface area contributed by atoms with Gasteiger partial charge >= 0.3 is 0 Å². The third-order valence-corrected chi connectivity index (χ3v) is 6.01. The van der Waals surface area contributed by atoms with Gasteiger partial charge in [0, 0.05) is 17.1 Å². The van der Waals surface area contributed by atoms with Crippen LogP contribution >= 0.6 is 11.3 Å². The van der Waals surface area contributed by atoms with Crippen molar-refractivity contribution in [2.24, 2.45) is 0 Å². The van der Waals surface area contributed by atoms with E-state index in [1.807, 2.05) is 0 Å². The van der Waals surface area contributed by atoms with Crippen LogP contribution in [-0.4, -0.2) is 13.4 Å². The smallest absolute Gasteiger partial charge is 0.263 e. The number of fused-ring (bicyclic) bond motifs is 1. The lowest BCUT2D eigenvalue weighted by molar-refractivity contribution is 0.601. The number of nitrogens with one attached hydrogen (secondary N) is 2. The van der Waals surface area contributed by atoms with Crippen LogP contribution < -0.4 is 10.3 Å². The number of rotatable bonds is 3. The van der Waals surface area contributed by atoms with Gasteiger partial charge in [0.15, 0.2) is 0 Å². The Morgan fingerprint density at radius 3 is 2.81 bits per heavy atom. The molecule has 0 amide bonds. The van der Waals surface area contributed by atoms with Crippen molar-refractivity contribution in [2.75, 3.05) is 4.72 Å². The molecule has 1 aliphatic carbocycles. The summed E-state index contributed by atoms with van der Waals surface area (Å²) in [6.45, 7) is 0. The molecule has 108 valence electrons. The molecule has 0 saturated carbocycles. The van der Waals surface area contributed by atoms with Crippen molar-refractivity contribution in [1.82, 2.24) is 4.98 Å².